The number of nitrogens with one attached hydrogen (secondary N) is 1. The van der Waals surface area contributed by atoms with E-state index in [1.54, 1.807) is 0 Å². The number of benzene rings is 2. The number of nitro groups is 1. The molecule has 0 aliphatic carbocycles. The lowest BCUT2D eigenvalue weighted by Crippen LogP contribution is -2.50. The Morgan fingerprint density at radius 2 is 1.59 bits per heavy atom. The first-order valence-corrected chi connectivity index (χ1v) is 13.7. The van der Waals surface area contributed by atoms with Gasteiger partial charge in [0, 0.05) is 75.2 Å². The van der Waals surface area contributed by atoms with Crippen molar-refractivity contribution in [3.05, 3.63) is 63.7 Å². The summed E-state index contributed by atoms with van der Waals surface area (Å²) >= 11 is 5.76. The summed E-state index contributed by atoms with van der Waals surface area (Å²) in [5.41, 5.74) is -1.96. The Kier molecular flexibility index (Phi) is 9.32. The maximum atomic E-state index is 13.3. The van der Waals surface area contributed by atoms with Crippen molar-refractivity contribution in [1.82, 2.24) is 9.80 Å². The van der Waals surface area contributed by atoms with Crippen LogP contribution in [0.3, 0.4) is 0 Å². The number of hydrogen-bond donors (Lipinski definition) is 1. The second-order valence-corrected chi connectivity index (χ2v) is 10.9. The minimum atomic E-state index is -4.83. The highest BCUT2D eigenvalue weighted by Gasteiger charge is 2.38. The Balaban J connectivity index is 1.23. The number of rotatable bonds is 7. The van der Waals surface area contributed by atoms with Gasteiger partial charge in [-0.3, -0.25) is 15.0 Å². The predicted octanol–water partition coefficient (Wildman–Crippen LogP) is 6.29. The van der Waals surface area contributed by atoms with Gasteiger partial charge in [0.2, 0.25) is 0 Å². The second-order valence-electron chi connectivity index (χ2n) is 10.5. The predicted molar refractivity (Wildman–Crippen MR) is 148 cm³/mol. The molecule has 4 rings (SSSR count). The van der Waals surface area contributed by atoms with Crippen LogP contribution in [-0.2, 0) is 12.4 Å². The molecule has 224 valence electrons. The number of nitro benzene ring substituents is 1. The zero-order valence-corrected chi connectivity index (χ0v) is 23.2. The van der Waals surface area contributed by atoms with Gasteiger partial charge in [-0.05, 0) is 49.2 Å². The Bertz CT molecular complexity index is 1220. The average Bonchev–Trinajstić information content (AvgIpc) is 2.92. The zero-order chi connectivity index (χ0) is 29.9. The third-order valence-electron chi connectivity index (χ3n) is 7.56. The topological polar surface area (TPSA) is 64.9 Å². The van der Waals surface area contributed by atoms with E-state index < -0.39 is 34.1 Å². The molecule has 2 aliphatic heterocycles. The Morgan fingerprint density at radius 1 is 0.976 bits per heavy atom. The molecule has 1 atom stereocenters. The minimum absolute atomic E-state index is 0.0924. The lowest BCUT2D eigenvalue weighted by Gasteiger charge is -2.39. The number of nitrogens with zero attached hydrogens (tertiary/aromatic N) is 4. The largest absolute Gasteiger partial charge is 0.423 e. The van der Waals surface area contributed by atoms with E-state index in [0.717, 1.165) is 54.6 Å². The molecule has 0 saturated carbocycles. The van der Waals surface area contributed by atoms with Crippen molar-refractivity contribution in [3.63, 3.8) is 0 Å². The number of thiocarbonyl (C=S) groups is 1. The second kappa shape index (κ2) is 12.4. The minimum Gasteiger partial charge on any atom is -0.382 e. The van der Waals surface area contributed by atoms with E-state index in [1.807, 2.05) is 0 Å². The summed E-state index contributed by atoms with van der Waals surface area (Å²) in [6.07, 6.45) is -7.89. The smallest absolute Gasteiger partial charge is 0.382 e. The van der Waals surface area contributed by atoms with Crippen LogP contribution in [0, 0.1) is 16.0 Å². The maximum absolute atomic E-state index is 13.3. The molecule has 2 saturated heterocycles. The Hall–Kier alpha value is -3.13. The van der Waals surface area contributed by atoms with Crippen LogP contribution in [0.15, 0.2) is 42.5 Å². The fourth-order valence-corrected chi connectivity index (χ4v) is 5.58. The lowest BCUT2D eigenvalue weighted by molar-refractivity contribution is -0.388. The summed E-state index contributed by atoms with van der Waals surface area (Å²) in [4.78, 5) is 17.3. The van der Waals surface area contributed by atoms with E-state index in [1.165, 1.54) is 18.2 Å². The summed E-state index contributed by atoms with van der Waals surface area (Å²) in [7, 11) is 0. The lowest BCUT2D eigenvalue weighted by atomic mass is 10.0. The average molecular weight is 604 g/mol. The number of hydrogen-bond acceptors (Lipinski definition) is 6. The number of anilines is 2. The van der Waals surface area contributed by atoms with E-state index in [2.05, 4.69) is 26.9 Å². The van der Waals surface area contributed by atoms with Crippen molar-refractivity contribution in [2.24, 2.45) is 5.92 Å². The van der Waals surface area contributed by atoms with Gasteiger partial charge in [0.1, 0.15) is 5.56 Å². The van der Waals surface area contributed by atoms with E-state index in [-0.39, 0.29) is 17.6 Å². The van der Waals surface area contributed by atoms with Crippen molar-refractivity contribution in [2.75, 3.05) is 56.0 Å². The highest BCUT2D eigenvalue weighted by Crippen LogP contribution is 2.38. The molecule has 2 aliphatic rings. The molecule has 41 heavy (non-hydrogen) atoms. The van der Waals surface area contributed by atoms with Gasteiger partial charge in [-0.1, -0.05) is 19.1 Å². The molecule has 14 heteroatoms. The Labute approximate surface area is 239 Å². The fourth-order valence-electron chi connectivity index (χ4n) is 5.32. The van der Waals surface area contributed by atoms with Gasteiger partial charge in [-0.25, -0.2) is 0 Å². The van der Waals surface area contributed by atoms with Crippen molar-refractivity contribution >= 4 is 34.3 Å². The highest BCUT2D eigenvalue weighted by atomic mass is 32.1. The van der Waals surface area contributed by atoms with Crippen LogP contribution in [0.5, 0.6) is 0 Å². The van der Waals surface area contributed by atoms with Crippen LogP contribution in [0.2, 0.25) is 0 Å². The summed E-state index contributed by atoms with van der Waals surface area (Å²) in [5.74, 6) is 0.0937. The molecule has 0 radical (unpaired) electrons. The highest BCUT2D eigenvalue weighted by molar-refractivity contribution is 7.80. The molecule has 1 unspecified atom stereocenters. The van der Waals surface area contributed by atoms with E-state index in [9.17, 15) is 36.5 Å². The van der Waals surface area contributed by atoms with Crippen LogP contribution in [0.4, 0.5) is 43.4 Å². The summed E-state index contributed by atoms with van der Waals surface area (Å²) in [5, 5.41) is 14.1. The summed E-state index contributed by atoms with van der Waals surface area (Å²) in [6, 6.07) is 8.08. The molecule has 0 amide bonds. The third-order valence-corrected chi connectivity index (χ3v) is 8.22. The molecule has 0 bridgehead atoms. The number of piperidine rings is 1. The van der Waals surface area contributed by atoms with Crippen LogP contribution in [0.1, 0.15) is 30.9 Å². The van der Waals surface area contributed by atoms with Crippen LogP contribution in [0.25, 0.3) is 0 Å². The molecule has 2 heterocycles. The van der Waals surface area contributed by atoms with Gasteiger partial charge in [-0.15, -0.1) is 0 Å². The fraction of sp³-hybridized carbons (Fsp3) is 0.519. The van der Waals surface area contributed by atoms with Crippen molar-refractivity contribution in [1.29, 1.82) is 0 Å². The Morgan fingerprint density at radius 3 is 2.12 bits per heavy atom. The molecule has 2 aromatic carbocycles. The maximum Gasteiger partial charge on any atom is 0.423 e. The zero-order valence-electron chi connectivity index (χ0n) is 22.3. The van der Waals surface area contributed by atoms with Gasteiger partial charge >= 0.3 is 12.4 Å². The molecule has 2 fully saturated rings. The standard InChI is InChI=1S/C27H31F6N5O2S/c1-18(17-35-12-14-36(15-13-35)22-5-2-19(3-6-22)26(28,29)30)25(41)37-10-8-20(9-11-37)34-21-4-7-24(38(39)40)23(16-21)27(31,32)33/h2-7,16,18,20,34H,8-15,17H2,1H3. The molecule has 7 nitrogen and oxygen atoms in total. The van der Waals surface area contributed by atoms with Crippen LogP contribution < -0.4 is 10.2 Å². The molecule has 0 aromatic heterocycles. The van der Waals surface area contributed by atoms with E-state index >= 15 is 0 Å². The number of piperazine rings is 1. The van der Waals surface area contributed by atoms with Gasteiger partial charge < -0.3 is 15.1 Å². The third kappa shape index (κ3) is 7.79. The van der Waals surface area contributed by atoms with Gasteiger partial charge in [0.25, 0.3) is 5.69 Å². The molecular weight excluding hydrogens is 572 g/mol. The molecule has 1 N–H and O–H groups in total. The number of halogens is 6. The molecule has 0 spiro atoms. The molecular formula is C27H31F6N5O2S. The van der Waals surface area contributed by atoms with E-state index in [4.69, 9.17) is 12.2 Å². The van der Waals surface area contributed by atoms with Crippen LogP contribution in [-0.4, -0.2) is 71.6 Å². The number of alkyl halides is 6. The first-order chi connectivity index (χ1) is 19.2. The number of likely N-dealkylation sites (tertiary alicyclic amines) is 1. The first-order valence-electron chi connectivity index (χ1n) is 13.3. The van der Waals surface area contributed by atoms with Crippen molar-refractivity contribution in [2.45, 2.75) is 38.2 Å². The summed E-state index contributed by atoms with van der Waals surface area (Å²) < 4.78 is 78.4. The SMILES string of the molecule is CC(CN1CCN(c2ccc(C(F)(F)F)cc2)CC1)C(=S)N1CCC(Nc2ccc([N+](=O)[O-])c(C(F)(F)F)c2)CC1. The van der Waals surface area contributed by atoms with Crippen LogP contribution >= 0.6 is 12.2 Å². The summed E-state index contributed by atoms with van der Waals surface area (Å²) in [6.45, 7) is 7.00. The quantitative estimate of drug-likeness (QED) is 0.173. The van der Waals surface area contributed by atoms with Crippen molar-refractivity contribution in [3.8, 4) is 0 Å². The monoisotopic (exact) mass is 603 g/mol. The normalized spacial score (nSPS) is 18.3. The van der Waals surface area contributed by atoms with Gasteiger partial charge in [0.05, 0.1) is 15.5 Å². The van der Waals surface area contributed by atoms with E-state index in [0.29, 0.717) is 39.0 Å². The van der Waals surface area contributed by atoms with Crippen molar-refractivity contribution < 1.29 is 31.3 Å². The van der Waals surface area contributed by atoms with Gasteiger partial charge in [-0.2, -0.15) is 26.3 Å². The molecule has 2 aromatic rings. The first kappa shape index (κ1) is 30.8. The van der Waals surface area contributed by atoms with Gasteiger partial charge in [0.15, 0.2) is 0 Å².